The summed E-state index contributed by atoms with van der Waals surface area (Å²) in [5.41, 5.74) is 10.1. The molecule has 0 aliphatic rings. The normalized spacial score (nSPS) is 10.2. The Kier molecular flexibility index (Phi) is 6.17. The molecule has 3 N–H and O–H groups in total. The Hall–Kier alpha value is -1.64. The van der Waals surface area contributed by atoms with Crippen molar-refractivity contribution in [1.29, 1.82) is 0 Å². The molecule has 5 nitrogen and oxygen atoms in total. The highest BCUT2D eigenvalue weighted by molar-refractivity contribution is 7.99. The van der Waals surface area contributed by atoms with Gasteiger partial charge < -0.3 is 5.73 Å². The standard InChI is InChI=1S/C14H16N4OS3/c1-18(14(15)20)17-12(19)8-21-9-13-16-11(7-22-13)10-5-3-2-4-6-10/h2-7H,8-9H2,1H3,(H2,15,20)(H,17,19). The van der Waals surface area contributed by atoms with E-state index in [1.54, 1.807) is 18.4 Å². The summed E-state index contributed by atoms with van der Waals surface area (Å²) in [5.74, 6) is 0.884. The molecule has 8 heteroatoms. The zero-order chi connectivity index (χ0) is 15.9. The minimum atomic E-state index is -0.139. The van der Waals surface area contributed by atoms with E-state index in [-0.39, 0.29) is 11.0 Å². The third-order valence-electron chi connectivity index (χ3n) is 2.70. The zero-order valence-electron chi connectivity index (χ0n) is 12.0. The smallest absolute Gasteiger partial charge is 0.248 e. The molecule has 0 fully saturated rings. The quantitative estimate of drug-likeness (QED) is 0.635. The molecule has 116 valence electrons. The predicted octanol–water partition coefficient (Wildman–Crippen LogP) is 2.25. The van der Waals surface area contributed by atoms with Gasteiger partial charge >= 0.3 is 0 Å². The van der Waals surface area contributed by atoms with E-state index in [4.69, 9.17) is 18.0 Å². The number of nitrogens with zero attached hydrogens (tertiary/aromatic N) is 2. The summed E-state index contributed by atoms with van der Waals surface area (Å²) in [6.45, 7) is 0. The van der Waals surface area contributed by atoms with Crippen LogP contribution in [0.3, 0.4) is 0 Å². The number of thioether (sulfide) groups is 1. The second-order valence-electron chi connectivity index (χ2n) is 4.42. The number of hydrogen-bond acceptors (Lipinski definition) is 5. The largest absolute Gasteiger partial charge is 0.375 e. The number of aromatic nitrogens is 1. The average molecular weight is 353 g/mol. The highest BCUT2D eigenvalue weighted by Gasteiger charge is 2.08. The maximum atomic E-state index is 11.7. The molecule has 2 aromatic rings. The van der Waals surface area contributed by atoms with Gasteiger partial charge in [0.25, 0.3) is 0 Å². The van der Waals surface area contributed by atoms with Crippen LogP contribution < -0.4 is 11.2 Å². The van der Waals surface area contributed by atoms with Crippen LogP contribution in [-0.4, -0.2) is 33.8 Å². The number of hydrazine groups is 1. The van der Waals surface area contributed by atoms with E-state index in [1.807, 2.05) is 35.7 Å². The molecule has 2 rings (SSSR count). The summed E-state index contributed by atoms with van der Waals surface area (Å²) in [5, 5.41) is 4.49. The first-order chi connectivity index (χ1) is 10.6. The summed E-state index contributed by atoms with van der Waals surface area (Å²) in [4.78, 5) is 16.3. The predicted molar refractivity (Wildman–Crippen MR) is 96.4 cm³/mol. The van der Waals surface area contributed by atoms with Gasteiger partial charge in [0.1, 0.15) is 5.01 Å². The minimum Gasteiger partial charge on any atom is -0.375 e. The van der Waals surface area contributed by atoms with Crippen LogP contribution in [0.15, 0.2) is 35.7 Å². The molecule has 1 heterocycles. The molecule has 0 aliphatic carbocycles. The van der Waals surface area contributed by atoms with Crippen molar-refractivity contribution in [2.24, 2.45) is 5.73 Å². The zero-order valence-corrected chi connectivity index (χ0v) is 14.4. The molecule has 0 unspecified atom stereocenters. The Morgan fingerprint density at radius 3 is 2.86 bits per heavy atom. The van der Waals surface area contributed by atoms with Crippen LogP contribution in [0.1, 0.15) is 5.01 Å². The number of thiazole rings is 1. The Morgan fingerprint density at radius 1 is 1.45 bits per heavy atom. The van der Waals surface area contributed by atoms with Crippen molar-refractivity contribution < 1.29 is 4.79 Å². The van der Waals surface area contributed by atoms with Crippen LogP contribution in [-0.2, 0) is 10.5 Å². The van der Waals surface area contributed by atoms with Gasteiger partial charge in [0.2, 0.25) is 5.91 Å². The molecule has 1 aromatic carbocycles. The van der Waals surface area contributed by atoms with Gasteiger partial charge in [-0.05, 0) is 12.2 Å². The number of thiocarbonyl (C=S) groups is 1. The molecule has 0 radical (unpaired) electrons. The van der Waals surface area contributed by atoms with Crippen molar-refractivity contribution in [3.8, 4) is 11.3 Å². The number of carbonyl (C=O) groups is 1. The highest BCUT2D eigenvalue weighted by atomic mass is 32.2. The third-order valence-corrected chi connectivity index (χ3v) is 4.95. The van der Waals surface area contributed by atoms with Gasteiger partial charge in [0.15, 0.2) is 5.11 Å². The molecule has 0 atom stereocenters. The SMILES string of the molecule is CN(NC(=O)CSCc1nc(-c2ccccc2)cs1)C(N)=S. The molecule has 0 saturated carbocycles. The van der Waals surface area contributed by atoms with E-state index in [0.717, 1.165) is 16.3 Å². The lowest BCUT2D eigenvalue weighted by molar-refractivity contribution is -0.121. The molecule has 0 aliphatic heterocycles. The van der Waals surface area contributed by atoms with E-state index in [1.165, 1.54) is 16.8 Å². The van der Waals surface area contributed by atoms with Crippen LogP contribution in [0.25, 0.3) is 11.3 Å². The fourth-order valence-corrected chi connectivity index (χ4v) is 3.37. The number of amides is 1. The molecular formula is C14H16N4OS3. The molecule has 1 aromatic heterocycles. The third kappa shape index (κ3) is 4.97. The van der Waals surface area contributed by atoms with Crippen molar-refractivity contribution in [3.05, 3.63) is 40.7 Å². The Bertz CT molecular complexity index is 645. The first-order valence-electron chi connectivity index (χ1n) is 6.46. The van der Waals surface area contributed by atoms with Gasteiger partial charge in [-0.15, -0.1) is 23.1 Å². The monoisotopic (exact) mass is 352 g/mol. The van der Waals surface area contributed by atoms with Crippen molar-refractivity contribution in [2.75, 3.05) is 12.8 Å². The molecular weight excluding hydrogens is 336 g/mol. The fraction of sp³-hybridized carbons (Fsp3) is 0.214. The summed E-state index contributed by atoms with van der Waals surface area (Å²) in [7, 11) is 1.61. The number of nitrogens with two attached hydrogens (primary N) is 1. The van der Waals surface area contributed by atoms with Crippen molar-refractivity contribution in [2.45, 2.75) is 5.75 Å². The van der Waals surface area contributed by atoms with Gasteiger partial charge in [-0.3, -0.25) is 15.2 Å². The van der Waals surface area contributed by atoms with Crippen LogP contribution in [0.4, 0.5) is 0 Å². The van der Waals surface area contributed by atoms with Crippen molar-refractivity contribution in [1.82, 2.24) is 15.4 Å². The number of rotatable bonds is 5. The average Bonchev–Trinajstić information content (AvgIpc) is 2.97. The van der Waals surface area contributed by atoms with E-state index in [0.29, 0.717) is 11.5 Å². The maximum absolute atomic E-state index is 11.7. The van der Waals surface area contributed by atoms with Gasteiger partial charge in [-0.25, -0.2) is 4.98 Å². The van der Waals surface area contributed by atoms with Gasteiger partial charge in [0.05, 0.1) is 11.4 Å². The number of nitrogens with one attached hydrogen (secondary N) is 1. The molecule has 0 saturated heterocycles. The van der Waals surface area contributed by atoms with E-state index < -0.39 is 0 Å². The van der Waals surface area contributed by atoms with E-state index in [9.17, 15) is 4.79 Å². The van der Waals surface area contributed by atoms with Crippen LogP contribution >= 0.6 is 35.3 Å². The lowest BCUT2D eigenvalue weighted by Crippen LogP contribution is -2.46. The molecule has 0 bridgehead atoms. The van der Waals surface area contributed by atoms with Gasteiger partial charge in [0, 0.05) is 23.7 Å². The second-order valence-corrected chi connectivity index (χ2v) is 6.76. The van der Waals surface area contributed by atoms with Crippen molar-refractivity contribution in [3.63, 3.8) is 0 Å². The highest BCUT2D eigenvalue weighted by Crippen LogP contribution is 2.24. The van der Waals surface area contributed by atoms with Crippen molar-refractivity contribution >= 4 is 46.3 Å². The number of hydrogen-bond donors (Lipinski definition) is 2. The van der Waals surface area contributed by atoms with Crippen LogP contribution in [0, 0.1) is 0 Å². The van der Waals surface area contributed by atoms with Gasteiger partial charge in [-0.1, -0.05) is 30.3 Å². The summed E-state index contributed by atoms with van der Waals surface area (Å²) < 4.78 is 0. The van der Waals surface area contributed by atoms with Gasteiger partial charge in [-0.2, -0.15) is 0 Å². The first-order valence-corrected chi connectivity index (χ1v) is 8.90. The number of benzene rings is 1. The summed E-state index contributed by atoms with van der Waals surface area (Å²) in [6.07, 6.45) is 0. The van der Waals surface area contributed by atoms with Crippen LogP contribution in [0.5, 0.6) is 0 Å². The Morgan fingerprint density at radius 2 is 2.18 bits per heavy atom. The lowest BCUT2D eigenvalue weighted by atomic mass is 10.2. The summed E-state index contributed by atoms with van der Waals surface area (Å²) in [6, 6.07) is 10.0. The number of carbonyl (C=O) groups excluding carboxylic acids is 1. The van der Waals surface area contributed by atoms with E-state index in [2.05, 4.69) is 10.4 Å². The summed E-state index contributed by atoms with van der Waals surface area (Å²) >= 11 is 7.85. The Labute approximate surface area is 142 Å². The second kappa shape index (κ2) is 8.11. The topological polar surface area (TPSA) is 71.2 Å². The van der Waals surface area contributed by atoms with E-state index >= 15 is 0 Å². The maximum Gasteiger partial charge on any atom is 0.248 e. The molecule has 1 amide bonds. The molecule has 0 spiro atoms. The molecule has 22 heavy (non-hydrogen) atoms. The Balaban J connectivity index is 1.80. The fourth-order valence-electron chi connectivity index (χ4n) is 1.62. The van der Waals surface area contributed by atoms with Crippen LogP contribution in [0.2, 0.25) is 0 Å². The lowest BCUT2D eigenvalue weighted by Gasteiger charge is -2.17. The minimum absolute atomic E-state index is 0.130. The first kappa shape index (κ1) is 16.7.